The number of aryl methyl sites for hydroxylation is 2. The first-order chi connectivity index (χ1) is 7.09. The quantitative estimate of drug-likeness (QED) is 0.752. The van der Waals surface area contributed by atoms with E-state index in [2.05, 4.69) is 10.1 Å². The number of nitrogens with two attached hydrogens (primary N) is 1. The summed E-state index contributed by atoms with van der Waals surface area (Å²) >= 11 is 6.08. The van der Waals surface area contributed by atoms with Crippen LogP contribution in [-0.2, 0) is 7.05 Å². The molecule has 0 saturated carbocycles. The Hall–Kier alpha value is -1.55. The Morgan fingerprint density at radius 3 is 2.67 bits per heavy atom. The number of nitrogens with zero attached hydrogens (tertiary/aromatic N) is 3. The average Bonchev–Trinajstić information content (AvgIpc) is 2.45. The summed E-state index contributed by atoms with van der Waals surface area (Å²) in [5.74, 6) is 1.39. The summed E-state index contributed by atoms with van der Waals surface area (Å²) < 4.78 is 1.67. The molecule has 0 saturated heterocycles. The fourth-order valence-corrected chi connectivity index (χ4v) is 1.77. The maximum absolute atomic E-state index is 6.08. The molecule has 0 radical (unpaired) electrons. The molecule has 2 aromatic rings. The molecule has 0 aliphatic carbocycles. The number of anilines is 1. The predicted molar refractivity (Wildman–Crippen MR) is 60.6 cm³/mol. The third kappa shape index (κ3) is 1.68. The minimum Gasteiger partial charge on any atom is -0.398 e. The Kier molecular flexibility index (Phi) is 2.36. The van der Waals surface area contributed by atoms with E-state index in [1.165, 1.54) is 0 Å². The summed E-state index contributed by atoms with van der Waals surface area (Å²) in [6.07, 6.45) is 0. The Labute approximate surface area is 92.7 Å². The van der Waals surface area contributed by atoms with E-state index < -0.39 is 0 Å². The Bertz CT molecular complexity index is 484. The summed E-state index contributed by atoms with van der Waals surface area (Å²) in [7, 11) is 1.82. The van der Waals surface area contributed by atoms with E-state index in [0.29, 0.717) is 22.4 Å². The van der Waals surface area contributed by atoms with Crippen molar-refractivity contribution in [3.05, 3.63) is 29.0 Å². The van der Waals surface area contributed by atoms with Crippen LogP contribution in [0.25, 0.3) is 11.4 Å². The lowest BCUT2D eigenvalue weighted by Crippen LogP contribution is -1.98. The lowest BCUT2D eigenvalue weighted by molar-refractivity contribution is 0.764. The Morgan fingerprint density at radius 2 is 2.13 bits per heavy atom. The largest absolute Gasteiger partial charge is 0.398 e. The van der Waals surface area contributed by atoms with Crippen molar-refractivity contribution in [3.8, 4) is 11.4 Å². The van der Waals surface area contributed by atoms with Crippen LogP contribution in [0.4, 0.5) is 5.69 Å². The van der Waals surface area contributed by atoms with Crippen LogP contribution >= 0.6 is 11.6 Å². The molecule has 78 valence electrons. The van der Waals surface area contributed by atoms with Crippen molar-refractivity contribution in [2.45, 2.75) is 6.92 Å². The van der Waals surface area contributed by atoms with E-state index in [1.807, 2.05) is 20.0 Å². The molecule has 0 aliphatic rings. The molecular formula is C10H11ClN4. The summed E-state index contributed by atoms with van der Waals surface area (Å²) in [4.78, 5) is 4.29. The minimum atomic E-state index is 0.588. The van der Waals surface area contributed by atoms with Gasteiger partial charge in [-0.05, 0) is 19.1 Å². The van der Waals surface area contributed by atoms with E-state index in [0.717, 1.165) is 5.56 Å². The lowest BCUT2D eigenvalue weighted by Gasteiger charge is -2.06. The molecule has 2 N–H and O–H groups in total. The number of halogens is 1. The third-order valence-electron chi connectivity index (χ3n) is 2.14. The molecule has 2 rings (SSSR count). The van der Waals surface area contributed by atoms with Crippen molar-refractivity contribution in [3.63, 3.8) is 0 Å². The minimum absolute atomic E-state index is 0.588. The van der Waals surface area contributed by atoms with Gasteiger partial charge in [-0.15, -0.1) is 0 Å². The maximum atomic E-state index is 6.08. The molecule has 1 aromatic carbocycles. The van der Waals surface area contributed by atoms with Crippen molar-refractivity contribution >= 4 is 17.3 Å². The second-order valence-electron chi connectivity index (χ2n) is 3.31. The van der Waals surface area contributed by atoms with Gasteiger partial charge < -0.3 is 5.73 Å². The Morgan fingerprint density at radius 1 is 1.40 bits per heavy atom. The van der Waals surface area contributed by atoms with Gasteiger partial charge >= 0.3 is 0 Å². The number of nitrogen functional groups attached to an aromatic ring is 1. The van der Waals surface area contributed by atoms with Gasteiger partial charge in [-0.2, -0.15) is 5.10 Å². The third-order valence-corrected chi connectivity index (χ3v) is 2.45. The van der Waals surface area contributed by atoms with E-state index in [9.17, 15) is 0 Å². The molecule has 15 heavy (non-hydrogen) atoms. The van der Waals surface area contributed by atoms with Crippen LogP contribution < -0.4 is 5.73 Å². The highest BCUT2D eigenvalue weighted by atomic mass is 35.5. The van der Waals surface area contributed by atoms with Gasteiger partial charge in [0.25, 0.3) is 0 Å². The van der Waals surface area contributed by atoms with Crippen LogP contribution in [0.3, 0.4) is 0 Å². The van der Waals surface area contributed by atoms with Crippen LogP contribution in [0.15, 0.2) is 18.2 Å². The zero-order chi connectivity index (χ0) is 11.0. The zero-order valence-corrected chi connectivity index (χ0v) is 9.28. The first-order valence-electron chi connectivity index (χ1n) is 4.51. The molecule has 0 atom stereocenters. The number of hydrogen-bond acceptors (Lipinski definition) is 3. The highest BCUT2D eigenvalue weighted by Gasteiger charge is 2.13. The monoisotopic (exact) mass is 222 g/mol. The van der Waals surface area contributed by atoms with Crippen molar-refractivity contribution < 1.29 is 0 Å². The van der Waals surface area contributed by atoms with Crippen LogP contribution in [-0.4, -0.2) is 14.8 Å². The molecule has 0 spiro atoms. The van der Waals surface area contributed by atoms with Gasteiger partial charge in [0.15, 0.2) is 5.82 Å². The van der Waals surface area contributed by atoms with Crippen LogP contribution in [0.5, 0.6) is 0 Å². The normalized spacial score (nSPS) is 10.6. The molecule has 0 unspecified atom stereocenters. The van der Waals surface area contributed by atoms with Gasteiger partial charge in [-0.25, -0.2) is 9.67 Å². The second-order valence-corrected chi connectivity index (χ2v) is 3.72. The van der Waals surface area contributed by atoms with E-state index >= 15 is 0 Å². The second kappa shape index (κ2) is 3.55. The molecule has 0 aliphatic heterocycles. The number of hydrogen-bond donors (Lipinski definition) is 1. The first kappa shape index (κ1) is 9.98. The Balaban J connectivity index is 2.68. The predicted octanol–water partition coefficient (Wildman–Crippen LogP) is 2.03. The molecule has 0 bridgehead atoms. The fraction of sp³-hybridized carbons (Fsp3) is 0.200. The van der Waals surface area contributed by atoms with Crippen LogP contribution in [0.1, 0.15) is 5.82 Å². The standard InChI is InChI=1S/C10H11ClN4/c1-6-13-10(15(2)14-6)9-7(11)4-3-5-8(9)12/h3-5H,12H2,1-2H3. The zero-order valence-electron chi connectivity index (χ0n) is 8.53. The maximum Gasteiger partial charge on any atom is 0.161 e. The molecule has 0 amide bonds. The van der Waals surface area contributed by atoms with Gasteiger partial charge in [0.1, 0.15) is 5.82 Å². The van der Waals surface area contributed by atoms with Crippen molar-refractivity contribution in [1.29, 1.82) is 0 Å². The molecule has 1 heterocycles. The van der Waals surface area contributed by atoms with Gasteiger partial charge in [0.2, 0.25) is 0 Å². The molecule has 1 aromatic heterocycles. The van der Waals surface area contributed by atoms with Crippen molar-refractivity contribution in [1.82, 2.24) is 14.8 Å². The van der Waals surface area contributed by atoms with Gasteiger partial charge in [-0.3, -0.25) is 0 Å². The lowest BCUT2D eigenvalue weighted by atomic mass is 10.1. The van der Waals surface area contributed by atoms with Crippen molar-refractivity contribution in [2.75, 3.05) is 5.73 Å². The van der Waals surface area contributed by atoms with E-state index in [-0.39, 0.29) is 0 Å². The first-order valence-corrected chi connectivity index (χ1v) is 4.89. The SMILES string of the molecule is Cc1nc(-c2c(N)cccc2Cl)n(C)n1. The number of aromatic nitrogens is 3. The van der Waals surface area contributed by atoms with E-state index in [4.69, 9.17) is 17.3 Å². The number of benzene rings is 1. The van der Waals surface area contributed by atoms with Gasteiger partial charge in [0.05, 0.1) is 10.6 Å². The molecule has 4 nitrogen and oxygen atoms in total. The molecule has 5 heteroatoms. The summed E-state index contributed by atoms with van der Waals surface area (Å²) in [6, 6.07) is 5.40. The summed E-state index contributed by atoms with van der Waals surface area (Å²) in [5, 5.41) is 4.75. The fourth-order valence-electron chi connectivity index (χ4n) is 1.51. The topological polar surface area (TPSA) is 56.7 Å². The highest BCUT2D eigenvalue weighted by Crippen LogP contribution is 2.31. The summed E-state index contributed by atoms with van der Waals surface area (Å²) in [6.45, 7) is 1.83. The average molecular weight is 223 g/mol. The molecule has 0 fully saturated rings. The molecular weight excluding hydrogens is 212 g/mol. The van der Waals surface area contributed by atoms with Gasteiger partial charge in [0, 0.05) is 12.7 Å². The summed E-state index contributed by atoms with van der Waals surface area (Å²) in [5.41, 5.74) is 7.21. The highest BCUT2D eigenvalue weighted by molar-refractivity contribution is 6.33. The van der Waals surface area contributed by atoms with Crippen LogP contribution in [0, 0.1) is 6.92 Å². The van der Waals surface area contributed by atoms with Crippen LogP contribution in [0.2, 0.25) is 5.02 Å². The van der Waals surface area contributed by atoms with E-state index in [1.54, 1.807) is 16.8 Å². The van der Waals surface area contributed by atoms with Gasteiger partial charge in [-0.1, -0.05) is 17.7 Å². The smallest absolute Gasteiger partial charge is 0.161 e. The van der Waals surface area contributed by atoms with Crippen molar-refractivity contribution in [2.24, 2.45) is 7.05 Å². The number of rotatable bonds is 1.